The number of hydrogen-bond acceptors (Lipinski definition) is 6. The number of hydrogen-bond donors (Lipinski definition) is 2. The minimum absolute atomic E-state index is 0.0655. The Bertz CT molecular complexity index is 632. The number of nitrogens with one attached hydrogen (secondary N) is 1. The Kier molecular flexibility index (Phi) is 4.35. The van der Waals surface area contributed by atoms with E-state index in [9.17, 15) is 8.42 Å². The third-order valence-corrected chi connectivity index (χ3v) is 4.89. The van der Waals surface area contributed by atoms with Crippen LogP contribution >= 0.6 is 11.3 Å². The number of aryl methyl sites for hydroxylation is 1. The molecule has 0 aliphatic heterocycles. The van der Waals surface area contributed by atoms with E-state index in [0.717, 1.165) is 5.01 Å². The van der Waals surface area contributed by atoms with Crippen LogP contribution in [0.1, 0.15) is 16.5 Å². The molecule has 19 heavy (non-hydrogen) atoms. The smallest absolute Gasteiger partial charge is 0.244 e. The molecular weight excluding hydrogens is 288 g/mol. The van der Waals surface area contributed by atoms with Crippen molar-refractivity contribution in [3.63, 3.8) is 0 Å². The van der Waals surface area contributed by atoms with Gasteiger partial charge in [-0.15, -0.1) is 11.3 Å². The fourth-order valence-electron chi connectivity index (χ4n) is 1.62. The van der Waals surface area contributed by atoms with E-state index in [0.29, 0.717) is 6.42 Å². The van der Waals surface area contributed by atoms with Crippen LogP contribution in [0.2, 0.25) is 0 Å². The Labute approximate surface area is 115 Å². The van der Waals surface area contributed by atoms with Gasteiger partial charge in [-0.1, -0.05) is 0 Å². The van der Waals surface area contributed by atoms with E-state index in [2.05, 4.69) is 9.71 Å². The van der Waals surface area contributed by atoms with Gasteiger partial charge in [-0.05, 0) is 6.92 Å². The first-order chi connectivity index (χ1) is 9.03. The standard InChI is InChI=1S/C11H14N2O4S2/c1-8-10(6-9(7-14)17-8)19(15,16)13-3-2-11-12-4-5-18-11/h4-6,13-14H,2-3,7H2,1H3. The Balaban J connectivity index is 2.03. The van der Waals surface area contributed by atoms with Crippen LogP contribution in [0.5, 0.6) is 0 Å². The second kappa shape index (κ2) is 5.83. The SMILES string of the molecule is Cc1oc(CO)cc1S(=O)(=O)NCCc1nccs1. The first kappa shape index (κ1) is 14.2. The summed E-state index contributed by atoms with van der Waals surface area (Å²) in [6, 6.07) is 1.33. The van der Waals surface area contributed by atoms with E-state index in [1.54, 1.807) is 13.1 Å². The van der Waals surface area contributed by atoms with Gasteiger partial charge in [-0.2, -0.15) is 0 Å². The number of nitrogens with zero attached hydrogens (tertiary/aromatic N) is 1. The van der Waals surface area contributed by atoms with E-state index >= 15 is 0 Å². The summed E-state index contributed by atoms with van der Waals surface area (Å²) in [6.45, 7) is 1.50. The summed E-state index contributed by atoms with van der Waals surface area (Å²) in [5, 5.41) is 11.6. The van der Waals surface area contributed by atoms with Gasteiger partial charge < -0.3 is 9.52 Å². The van der Waals surface area contributed by atoms with Crippen LogP contribution in [0.15, 0.2) is 27.0 Å². The third-order valence-electron chi connectivity index (χ3n) is 2.48. The van der Waals surface area contributed by atoms with Crippen LogP contribution in [0.4, 0.5) is 0 Å². The molecule has 0 amide bonds. The molecule has 0 spiro atoms. The van der Waals surface area contributed by atoms with E-state index < -0.39 is 10.0 Å². The molecule has 0 aliphatic rings. The predicted octanol–water partition coefficient (Wildman–Crippen LogP) is 1.06. The van der Waals surface area contributed by atoms with Crippen molar-refractivity contribution in [2.75, 3.05) is 6.54 Å². The summed E-state index contributed by atoms with van der Waals surface area (Å²) in [6.07, 6.45) is 2.23. The highest BCUT2D eigenvalue weighted by Crippen LogP contribution is 2.19. The second-order valence-electron chi connectivity index (χ2n) is 3.86. The molecule has 0 atom stereocenters. The van der Waals surface area contributed by atoms with Gasteiger partial charge in [0.05, 0.1) is 5.01 Å². The largest absolute Gasteiger partial charge is 0.462 e. The van der Waals surface area contributed by atoms with Gasteiger partial charge in [0.15, 0.2) is 0 Å². The molecule has 2 heterocycles. The van der Waals surface area contributed by atoms with Crippen molar-refractivity contribution in [1.82, 2.24) is 9.71 Å². The minimum Gasteiger partial charge on any atom is -0.462 e. The molecule has 0 bridgehead atoms. The number of thiazole rings is 1. The summed E-state index contributed by atoms with van der Waals surface area (Å²) in [4.78, 5) is 4.14. The van der Waals surface area contributed by atoms with Gasteiger partial charge in [0.25, 0.3) is 0 Å². The fraction of sp³-hybridized carbons (Fsp3) is 0.364. The average Bonchev–Trinajstić information content (AvgIpc) is 2.98. The summed E-state index contributed by atoms with van der Waals surface area (Å²) >= 11 is 1.48. The van der Waals surface area contributed by atoms with Crippen molar-refractivity contribution in [3.8, 4) is 0 Å². The van der Waals surface area contributed by atoms with Crippen molar-refractivity contribution < 1.29 is 17.9 Å². The Morgan fingerprint density at radius 1 is 1.53 bits per heavy atom. The van der Waals surface area contributed by atoms with Gasteiger partial charge in [0.1, 0.15) is 23.0 Å². The van der Waals surface area contributed by atoms with Crippen LogP contribution in [0.3, 0.4) is 0 Å². The maximum atomic E-state index is 12.0. The van der Waals surface area contributed by atoms with Gasteiger partial charge in [0, 0.05) is 30.6 Å². The highest BCUT2D eigenvalue weighted by molar-refractivity contribution is 7.89. The Hall–Kier alpha value is -1.22. The molecule has 0 radical (unpaired) electrons. The van der Waals surface area contributed by atoms with Crippen LogP contribution in [-0.4, -0.2) is 25.1 Å². The Morgan fingerprint density at radius 3 is 2.89 bits per heavy atom. The fourth-order valence-corrected chi connectivity index (χ4v) is 3.47. The molecule has 2 aromatic rings. The molecule has 0 saturated carbocycles. The van der Waals surface area contributed by atoms with Gasteiger partial charge in [0.2, 0.25) is 10.0 Å². The van der Waals surface area contributed by atoms with Crippen molar-refractivity contribution in [2.45, 2.75) is 24.8 Å². The molecule has 8 heteroatoms. The molecule has 0 saturated heterocycles. The van der Waals surface area contributed by atoms with Crippen LogP contribution < -0.4 is 4.72 Å². The topological polar surface area (TPSA) is 92.4 Å². The van der Waals surface area contributed by atoms with Crippen LogP contribution in [0, 0.1) is 6.92 Å². The molecule has 0 aromatic carbocycles. The van der Waals surface area contributed by atoms with Crippen LogP contribution in [0.25, 0.3) is 0 Å². The van der Waals surface area contributed by atoms with Gasteiger partial charge >= 0.3 is 0 Å². The first-order valence-electron chi connectivity index (χ1n) is 5.61. The molecule has 2 aromatic heterocycles. The third kappa shape index (κ3) is 3.41. The highest BCUT2D eigenvalue weighted by atomic mass is 32.2. The number of rotatable bonds is 6. The number of sulfonamides is 1. The number of aliphatic hydroxyl groups is 1. The van der Waals surface area contributed by atoms with E-state index in [4.69, 9.17) is 9.52 Å². The first-order valence-corrected chi connectivity index (χ1v) is 7.97. The average molecular weight is 302 g/mol. The molecule has 0 fully saturated rings. The second-order valence-corrected chi connectivity index (χ2v) is 6.58. The molecule has 104 valence electrons. The van der Waals surface area contributed by atoms with E-state index in [1.807, 2.05) is 5.38 Å². The molecule has 2 rings (SSSR count). The molecule has 6 nitrogen and oxygen atoms in total. The number of furan rings is 1. The lowest BCUT2D eigenvalue weighted by Crippen LogP contribution is -2.26. The van der Waals surface area contributed by atoms with Crippen molar-refractivity contribution >= 4 is 21.4 Å². The summed E-state index contributed by atoms with van der Waals surface area (Å²) in [7, 11) is -3.61. The normalized spacial score (nSPS) is 11.9. The monoisotopic (exact) mass is 302 g/mol. The highest BCUT2D eigenvalue weighted by Gasteiger charge is 2.20. The minimum atomic E-state index is -3.61. The molecule has 2 N–H and O–H groups in total. The van der Waals surface area contributed by atoms with Crippen molar-refractivity contribution in [1.29, 1.82) is 0 Å². The maximum absolute atomic E-state index is 12.0. The van der Waals surface area contributed by atoms with Gasteiger partial charge in [-0.3, -0.25) is 0 Å². The summed E-state index contributed by atoms with van der Waals surface area (Å²) < 4.78 is 31.7. The molecule has 0 aliphatic carbocycles. The quantitative estimate of drug-likeness (QED) is 0.832. The zero-order chi connectivity index (χ0) is 13.9. The zero-order valence-electron chi connectivity index (χ0n) is 10.3. The van der Waals surface area contributed by atoms with E-state index in [1.165, 1.54) is 17.4 Å². The summed E-state index contributed by atoms with van der Waals surface area (Å²) in [5.41, 5.74) is 0. The molecular formula is C11H14N2O4S2. The van der Waals surface area contributed by atoms with Crippen molar-refractivity contribution in [2.24, 2.45) is 0 Å². The predicted molar refractivity (Wildman–Crippen MR) is 70.4 cm³/mol. The zero-order valence-corrected chi connectivity index (χ0v) is 11.9. The Morgan fingerprint density at radius 2 is 2.32 bits per heavy atom. The van der Waals surface area contributed by atoms with Crippen LogP contribution in [-0.2, 0) is 23.1 Å². The lowest BCUT2D eigenvalue weighted by Gasteiger charge is -2.04. The summed E-state index contributed by atoms with van der Waals surface area (Å²) in [5.74, 6) is 0.503. The number of aliphatic hydroxyl groups excluding tert-OH is 1. The van der Waals surface area contributed by atoms with E-state index in [-0.39, 0.29) is 29.6 Å². The van der Waals surface area contributed by atoms with Gasteiger partial charge in [-0.25, -0.2) is 18.1 Å². The molecule has 0 unspecified atom stereocenters. The number of aromatic nitrogens is 1. The maximum Gasteiger partial charge on any atom is 0.244 e. The lowest BCUT2D eigenvalue weighted by atomic mass is 10.4. The van der Waals surface area contributed by atoms with Crippen molar-refractivity contribution in [3.05, 3.63) is 34.2 Å². The lowest BCUT2D eigenvalue weighted by molar-refractivity contribution is 0.244.